The first kappa shape index (κ1) is 18.3. The number of carbonyl (C=O) groups excluding carboxylic acids is 2. The lowest BCUT2D eigenvalue weighted by Crippen LogP contribution is -2.34. The molecule has 0 saturated carbocycles. The molecule has 1 unspecified atom stereocenters. The van der Waals surface area contributed by atoms with E-state index in [0.717, 1.165) is 11.1 Å². The second kappa shape index (κ2) is 7.88. The first-order valence-electron chi connectivity index (χ1n) is 9.27. The van der Waals surface area contributed by atoms with Crippen molar-refractivity contribution in [3.8, 4) is 11.5 Å². The number of ether oxygens (including phenoxy) is 2. The van der Waals surface area contributed by atoms with Gasteiger partial charge in [0.05, 0.1) is 5.92 Å². The second-order valence-electron chi connectivity index (χ2n) is 7.03. The molecule has 1 atom stereocenters. The number of nitrogens with zero attached hydrogens (tertiary/aromatic N) is 1. The van der Waals surface area contributed by atoms with E-state index in [0.29, 0.717) is 37.6 Å². The summed E-state index contributed by atoms with van der Waals surface area (Å²) in [5.41, 5.74) is 1.89. The summed E-state index contributed by atoms with van der Waals surface area (Å²) < 4.78 is 23.6. The highest BCUT2D eigenvalue weighted by atomic mass is 19.1. The molecule has 2 aromatic rings. The average molecular weight is 384 g/mol. The van der Waals surface area contributed by atoms with Crippen LogP contribution in [-0.2, 0) is 22.6 Å². The first-order valence-corrected chi connectivity index (χ1v) is 9.27. The Morgan fingerprint density at radius 3 is 2.68 bits per heavy atom. The minimum absolute atomic E-state index is 0.0312. The molecule has 0 bridgehead atoms. The summed E-state index contributed by atoms with van der Waals surface area (Å²) in [5, 5.41) is 2.88. The van der Waals surface area contributed by atoms with Gasteiger partial charge in [0.1, 0.15) is 5.82 Å². The molecular weight excluding hydrogens is 363 g/mol. The number of likely N-dealkylation sites (tertiary alicyclic amines) is 1. The number of nitrogens with one attached hydrogen (secondary N) is 1. The molecule has 0 aromatic heterocycles. The minimum atomic E-state index is -0.352. The Hall–Kier alpha value is -3.09. The van der Waals surface area contributed by atoms with E-state index in [1.165, 1.54) is 12.1 Å². The van der Waals surface area contributed by atoms with E-state index in [1.807, 2.05) is 18.2 Å². The van der Waals surface area contributed by atoms with Gasteiger partial charge in [-0.25, -0.2) is 4.39 Å². The van der Waals surface area contributed by atoms with Gasteiger partial charge in [-0.15, -0.1) is 0 Å². The molecule has 1 saturated heterocycles. The van der Waals surface area contributed by atoms with Crippen molar-refractivity contribution in [1.29, 1.82) is 0 Å². The number of hydrogen-bond acceptors (Lipinski definition) is 4. The number of halogens is 1. The second-order valence-corrected chi connectivity index (χ2v) is 7.03. The van der Waals surface area contributed by atoms with E-state index in [1.54, 1.807) is 17.0 Å². The van der Waals surface area contributed by atoms with Gasteiger partial charge in [0.15, 0.2) is 11.5 Å². The van der Waals surface area contributed by atoms with Crippen molar-refractivity contribution in [1.82, 2.24) is 10.2 Å². The maximum atomic E-state index is 12.9. The minimum Gasteiger partial charge on any atom is -0.454 e. The van der Waals surface area contributed by atoms with Gasteiger partial charge >= 0.3 is 0 Å². The van der Waals surface area contributed by atoms with Crippen molar-refractivity contribution < 1.29 is 23.5 Å². The van der Waals surface area contributed by atoms with Gasteiger partial charge in [0, 0.05) is 26.1 Å². The Bertz CT molecular complexity index is 884. The molecule has 7 heteroatoms. The Morgan fingerprint density at radius 2 is 1.86 bits per heavy atom. The fraction of sp³-hybridized carbons (Fsp3) is 0.333. The molecule has 4 rings (SSSR count). The van der Waals surface area contributed by atoms with Gasteiger partial charge in [-0.05, 0) is 41.8 Å². The molecular formula is C21H21FN2O4. The Balaban J connectivity index is 1.27. The topological polar surface area (TPSA) is 67.9 Å². The zero-order valence-electron chi connectivity index (χ0n) is 15.3. The maximum absolute atomic E-state index is 12.9. The van der Waals surface area contributed by atoms with Crippen LogP contribution in [0.15, 0.2) is 42.5 Å². The highest BCUT2D eigenvalue weighted by molar-refractivity contribution is 5.89. The molecule has 6 nitrogen and oxygen atoms in total. The fourth-order valence-corrected chi connectivity index (χ4v) is 3.49. The SMILES string of the molecule is O=C(NCCc1ccc(F)cc1)C1CC(=O)N(Cc2ccc3c(c2)OCO3)C1. The zero-order chi connectivity index (χ0) is 19.5. The molecule has 0 aliphatic carbocycles. The van der Waals surface area contributed by atoms with Crippen LogP contribution >= 0.6 is 0 Å². The zero-order valence-corrected chi connectivity index (χ0v) is 15.3. The highest BCUT2D eigenvalue weighted by Gasteiger charge is 2.34. The predicted molar refractivity (Wildman–Crippen MR) is 99.2 cm³/mol. The van der Waals surface area contributed by atoms with E-state index in [-0.39, 0.29) is 36.8 Å². The molecule has 1 fully saturated rings. The number of hydrogen-bond donors (Lipinski definition) is 1. The van der Waals surface area contributed by atoms with Crippen LogP contribution in [0.1, 0.15) is 17.5 Å². The predicted octanol–water partition coefficient (Wildman–Crippen LogP) is 2.26. The summed E-state index contributed by atoms with van der Waals surface area (Å²) >= 11 is 0. The number of rotatable bonds is 6. The van der Waals surface area contributed by atoms with Gasteiger partial charge in [-0.2, -0.15) is 0 Å². The molecule has 0 spiro atoms. The van der Waals surface area contributed by atoms with Crippen molar-refractivity contribution >= 4 is 11.8 Å². The molecule has 28 heavy (non-hydrogen) atoms. The number of amides is 2. The summed E-state index contributed by atoms with van der Waals surface area (Å²) in [6.45, 7) is 1.50. The standard InChI is InChI=1S/C21H21FN2O4/c22-17-4-1-14(2-5-17)7-8-23-21(26)16-10-20(25)24(12-16)11-15-3-6-18-19(9-15)28-13-27-18/h1-6,9,16H,7-8,10-13H2,(H,23,26). The van der Waals surface area contributed by atoms with Gasteiger partial charge in [-0.1, -0.05) is 18.2 Å². The van der Waals surface area contributed by atoms with Crippen molar-refractivity contribution in [3.05, 3.63) is 59.4 Å². The van der Waals surface area contributed by atoms with Crippen LogP contribution in [0.4, 0.5) is 4.39 Å². The van der Waals surface area contributed by atoms with Gasteiger partial charge in [0.2, 0.25) is 18.6 Å². The van der Waals surface area contributed by atoms with Crippen LogP contribution in [0.5, 0.6) is 11.5 Å². The first-order chi connectivity index (χ1) is 13.6. The van der Waals surface area contributed by atoms with Crippen LogP contribution in [0, 0.1) is 11.7 Å². The van der Waals surface area contributed by atoms with Crippen LogP contribution in [0.25, 0.3) is 0 Å². The molecule has 146 valence electrons. The molecule has 1 N–H and O–H groups in total. The lowest BCUT2D eigenvalue weighted by Gasteiger charge is -2.17. The van der Waals surface area contributed by atoms with E-state index in [9.17, 15) is 14.0 Å². The number of benzene rings is 2. The van der Waals surface area contributed by atoms with E-state index in [4.69, 9.17) is 9.47 Å². The lowest BCUT2D eigenvalue weighted by atomic mass is 10.1. The third kappa shape index (κ3) is 4.08. The van der Waals surface area contributed by atoms with Crippen LogP contribution in [-0.4, -0.2) is 36.6 Å². The molecule has 2 aromatic carbocycles. The average Bonchev–Trinajstić information content (AvgIpc) is 3.30. The normalized spacial score (nSPS) is 17.8. The smallest absolute Gasteiger partial charge is 0.231 e. The lowest BCUT2D eigenvalue weighted by molar-refractivity contribution is -0.129. The number of fused-ring (bicyclic) bond motifs is 1. The van der Waals surface area contributed by atoms with E-state index < -0.39 is 0 Å². The van der Waals surface area contributed by atoms with Crippen molar-refractivity contribution in [2.24, 2.45) is 5.92 Å². The van der Waals surface area contributed by atoms with Gasteiger partial charge in [-0.3, -0.25) is 9.59 Å². The summed E-state index contributed by atoms with van der Waals surface area (Å²) in [6.07, 6.45) is 0.834. The van der Waals surface area contributed by atoms with E-state index in [2.05, 4.69) is 5.32 Å². The third-order valence-corrected chi connectivity index (χ3v) is 5.02. The van der Waals surface area contributed by atoms with Crippen molar-refractivity contribution in [2.45, 2.75) is 19.4 Å². The molecule has 0 radical (unpaired) electrons. The van der Waals surface area contributed by atoms with Crippen molar-refractivity contribution in [2.75, 3.05) is 19.9 Å². The summed E-state index contributed by atoms with van der Waals surface area (Å²) in [6, 6.07) is 11.8. The fourth-order valence-electron chi connectivity index (χ4n) is 3.49. The molecule has 2 amide bonds. The maximum Gasteiger partial charge on any atom is 0.231 e. The molecule has 2 aliphatic heterocycles. The summed E-state index contributed by atoms with van der Waals surface area (Å²) in [4.78, 5) is 26.4. The Labute approximate surface area is 162 Å². The molecule has 2 aliphatic rings. The van der Waals surface area contributed by atoms with Gasteiger partial charge in [0.25, 0.3) is 0 Å². The Morgan fingerprint density at radius 1 is 1.11 bits per heavy atom. The molecule has 2 heterocycles. The van der Waals surface area contributed by atoms with E-state index >= 15 is 0 Å². The van der Waals surface area contributed by atoms with Crippen LogP contribution in [0.3, 0.4) is 0 Å². The Kier molecular flexibility index (Phi) is 5.14. The van der Waals surface area contributed by atoms with Crippen molar-refractivity contribution in [3.63, 3.8) is 0 Å². The largest absolute Gasteiger partial charge is 0.454 e. The van der Waals surface area contributed by atoms with Crippen LogP contribution < -0.4 is 14.8 Å². The highest BCUT2D eigenvalue weighted by Crippen LogP contribution is 2.33. The summed E-state index contributed by atoms with van der Waals surface area (Å²) in [7, 11) is 0. The quantitative estimate of drug-likeness (QED) is 0.830. The monoisotopic (exact) mass is 384 g/mol. The number of carbonyl (C=O) groups is 2. The van der Waals surface area contributed by atoms with Gasteiger partial charge < -0.3 is 19.7 Å². The third-order valence-electron chi connectivity index (χ3n) is 5.02. The van der Waals surface area contributed by atoms with Crippen LogP contribution in [0.2, 0.25) is 0 Å². The summed E-state index contributed by atoms with van der Waals surface area (Å²) in [5.74, 6) is 0.601.